The summed E-state index contributed by atoms with van der Waals surface area (Å²) >= 11 is 0. The van der Waals surface area contributed by atoms with Gasteiger partial charge in [0.15, 0.2) is 0 Å². The van der Waals surface area contributed by atoms with Crippen molar-refractivity contribution in [3.05, 3.63) is 0 Å². The van der Waals surface area contributed by atoms with Crippen LogP contribution in [-0.4, -0.2) is 31.0 Å². The average Bonchev–Trinajstić information content (AvgIpc) is 1.91. The Bertz CT molecular complexity index is 157. The van der Waals surface area contributed by atoms with Gasteiger partial charge in [0.1, 0.15) is 0 Å². The van der Waals surface area contributed by atoms with Gasteiger partial charge in [-0.15, -0.1) is 0 Å². The molecule has 0 aromatic rings. The second kappa shape index (κ2) is 2.98. The van der Waals surface area contributed by atoms with E-state index in [2.05, 4.69) is 0 Å². The molecule has 70 valence electrons. The van der Waals surface area contributed by atoms with E-state index in [0.717, 1.165) is 13.2 Å². The summed E-state index contributed by atoms with van der Waals surface area (Å²) in [7, 11) is 0. The van der Waals surface area contributed by atoms with E-state index >= 15 is 0 Å². The third kappa shape index (κ3) is 1.00. The maximum absolute atomic E-state index is 9.76. The number of hydrogen-bond donors (Lipinski definition) is 2. The van der Waals surface area contributed by atoms with Gasteiger partial charge in [0, 0.05) is 12.0 Å². The molecule has 1 saturated heterocycles. The Labute approximate surface area is 72.9 Å². The lowest BCUT2D eigenvalue weighted by Gasteiger charge is -2.53. The summed E-state index contributed by atoms with van der Waals surface area (Å²) in [4.78, 5) is 0. The van der Waals surface area contributed by atoms with Crippen LogP contribution in [0.3, 0.4) is 0 Å². The van der Waals surface area contributed by atoms with Crippen molar-refractivity contribution in [3.63, 3.8) is 0 Å². The molecule has 1 atom stereocenters. The van der Waals surface area contributed by atoms with Crippen LogP contribution in [0.15, 0.2) is 0 Å². The fraction of sp³-hybridized carbons (Fsp3) is 1.00. The molecule has 0 aromatic carbocycles. The molecule has 0 spiro atoms. The zero-order chi connectivity index (χ0) is 8.60. The zero-order valence-electron chi connectivity index (χ0n) is 7.33. The molecule has 1 heterocycles. The normalized spacial score (nSPS) is 30.5. The van der Waals surface area contributed by atoms with Gasteiger partial charge >= 0.3 is 0 Å². The average molecular weight is 171 g/mol. The highest BCUT2D eigenvalue weighted by Gasteiger charge is 2.52. The molecule has 1 aliphatic carbocycles. The molecule has 1 aliphatic heterocycles. The van der Waals surface area contributed by atoms with Gasteiger partial charge in [-0.1, -0.05) is 6.42 Å². The lowest BCUT2D eigenvalue weighted by molar-refractivity contribution is -0.211. The molecule has 0 aromatic heterocycles. The molecule has 2 rings (SSSR count). The number of rotatable bonds is 3. The van der Waals surface area contributed by atoms with E-state index in [4.69, 9.17) is 10.5 Å². The molecule has 3 N–H and O–H groups in total. The first-order valence-electron chi connectivity index (χ1n) is 4.75. The van der Waals surface area contributed by atoms with Crippen molar-refractivity contribution in [2.45, 2.75) is 25.4 Å². The summed E-state index contributed by atoms with van der Waals surface area (Å²) in [5.74, 6) is 0.671. The quantitative estimate of drug-likeness (QED) is 0.634. The van der Waals surface area contributed by atoms with Gasteiger partial charge in [-0.05, 0) is 18.8 Å². The number of ether oxygens (including phenoxy) is 1. The minimum atomic E-state index is -0.350. The van der Waals surface area contributed by atoms with Gasteiger partial charge < -0.3 is 15.6 Å². The van der Waals surface area contributed by atoms with E-state index in [1.165, 1.54) is 19.3 Å². The van der Waals surface area contributed by atoms with Crippen LogP contribution in [-0.2, 0) is 4.74 Å². The minimum Gasteiger partial charge on any atom is -0.391 e. The second-order valence-corrected chi connectivity index (χ2v) is 4.11. The summed E-state index contributed by atoms with van der Waals surface area (Å²) in [5.41, 5.74) is 5.51. The van der Waals surface area contributed by atoms with Gasteiger partial charge in [0.25, 0.3) is 0 Å². The third-order valence-corrected chi connectivity index (χ3v) is 3.55. The maximum atomic E-state index is 9.76. The van der Waals surface area contributed by atoms with E-state index in [1.54, 1.807) is 0 Å². The lowest BCUT2D eigenvalue weighted by Crippen LogP contribution is -2.59. The highest BCUT2D eigenvalue weighted by Crippen LogP contribution is 2.48. The van der Waals surface area contributed by atoms with Gasteiger partial charge in [-0.2, -0.15) is 0 Å². The zero-order valence-corrected chi connectivity index (χ0v) is 7.33. The number of nitrogens with two attached hydrogens (primary N) is 1. The molecule has 0 radical (unpaired) electrons. The fourth-order valence-corrected chi connectivity index (χ4v) is 2.26. The molecular formula is C9H17NO2. The van der Waals surface area contributed by atoms with Crippen molar-refractivity contribution in [2.75, 3.05) is 19.8 Å². The predicted molar refractivity (Wildman–Crippen MR) is 45.7 cm³/mol. The van der Waals surface area contributed by atoms with E-state index in [0.29, 0.717) is 12.5 Å². The Morgan fingerprint density at radius 3 is 2.42 bits per heavy atom. The molecule has 3 heteroatoms. The first-order chi connectivity index (χ1) is 5.79. The Morgan fingerprint density at radius 1 is 1.50 bits per heavy atom. The first kappa shape index (κ1) is 8.48. The Kier molecular flexibility index (Phi) is 2.10. The highest BCUT2D eigenvalue weighted by molar-refractivity contribution is 5.00. The molecular weight excluding hydrogens is 154 g/mol. The van der Waals surface area contributed by atoms with Crippen LogP contribution in [0.4, 0.5) is 0 Å². The standard InChI is InChI=1S/C9H17NO2/c10-4-8(11)9(5-12-6-9)7-2-1-3-7/h7-8,11H,1-6,10H2. The Morgan fingerprint density at radius 2 is 2.17 bits per heavy atom. The summed E-state index contributed by atoms with van der Waals surface area (Å²) < 4.78 is 5.20. The van der Waals surface area contributed by atoms with E-state index in [9.17, 15) is 5.11 Å². The summed E-state index contributed by atoms with van der Waals surface area (Å²) in [5, 5.41) is 9.76. The van der Waals surface area contributed by atoms with Crippen molar-refractivity contribution in [3.8, 4) is 0 Å². The van der Waals surface area contributed by atoms with Gasteiger partial charge in [-0.3, -0.25) is 0 Å². The van der Waals surface area contributed by atoms with Crippen LogP contribution in [0.5, 0.6) is 0 Å². The summed E-state index contributed by atoms with van der Waals surface area (Å²) in [6, 6.07) is 0. The molecule has 0 bridgehead atoms. The van der Waals surface area contributed by atoms with Crippen LogP contribution in [0.2, 0.25) is 0 Å². The third-order valence-electron chi connectivity index (χ3n) is 3.55. The van der Waals surface area contributed by atoms with Crippen LogP contribution >= 0.6 is 0 Å². The van der Waals surface area contributed by atoms with Gasteiger partial charge in [-0.25, -0.2) is 0 Å². The molecule has 1 saturated carbocycles. The lowest BCUT2D eigenvalue weighted by atomic mass is 9.61. The summed E-state index contributed by atoms with van der Waals surface area (Å²) in [6.45, 7) is 1.81. The van der Waals surface area contributed by atoms with Crippen LogP contribution in [0.1, 0.15) is 19.3 Å². The number of hydrogen-bond acceptors (Lipinski definition) is 3. The van der Waals surface area contributed by atoms with Crippen molar-refractivity contribution < 1.29 is 9.84 Å². The van der Waals surface area contributed by atoms with Crippen LogP contribution < -0.4 is 5.73 Å². The molecule has 1 unspecified atom stereocenters. The van der Waals surface area contributed by atoms with E-state index in [-0.39, 0.29) is 11.5 Å². The summed E-state index contributed by atoms with van der Waals surface area (Å²) in [6.07, 6.45) is 3.46. The minimum absolute atomic E-state index is 0.0347. The van der Waals surface area contributed by atoms with Gasteiger partial charge in [0.05, 0.1) is 19.3 Å². The van der Waals surface area contributed by atoms with Crippen molar-refractivity contribution in [1.29, 1.82) is 0 Å². The van der Waals surface area contributed by atoms with Gasteiger partial charge in [0.2, 0.25) is 0 Å². The van der Waals surface area contributed by atoms with Crippen molar-refractivity contribution in [2.24, 2.45) is 17.1 Å². The first-order valence-corrected chi connectivity index (χ1v) is 4.75. The molecule has 2 aliphatic rings. The van der Waals surface area contributed by atoms with Crippen molar-refractivity contribution >= 4 is 0 Å². The second-order valence-electron chi connectivity index (χ2n) is 4.11. The fourth-order valence-electron chi connectivity index (χ4n) is 2.26. The maximum Gasteiger partial charge on any atom is 0.0765 e. The van der Waals surface area contributed by atoms with Crippen LogP contribution in [0.25, 0.3) is 0 Å². The largest absolute Gasteiger partial charge is 0.391 e. The van der Waals surface area contributed by atoms with Crippen molar-refractivity contribution in [1.82, 2.24) is 0 Å². The highest BCUT2D eigenvalue weighted by atomic mass is 16.5. The Balaban J connectivity index is 2.02. The van der Waals surface area contributed by atoms with E-state index < -0.39 is 0 Å². The molecule has 0 amide bonds. The molecule has 3 nitrogen and oxygen atoms in total. The van der Waals surface area contributed by atoms with E-state index in [1.807, 2.05) is 0 Å². The molecule has 2 fully saturated rings. The monoisotopic (exact) mass is 171 g/mol. The smallest absolute Gasteiger partial charge is 0.0765 e. The molecule has 12 heavy (non-hydrogen) atoms. The number of aliphatic hydroxyl groups is 1. The SMILES string of the molecule is NCC(O)C1(C2CCC2)COC1. The van der Waals surface area contributed by atoms with Crippen LogP contribution in [0, 0.1) is 11.3 Å². The predicted octanol–water partition coefficient (Wildman–Crippen LogP) is 0.123. The number of aliphatic hydroxyl groups excluding tert-OH is 1. The Hall–Kier alpha value is -0.120. The topological polar surface area (TPSA) is 55.5 Å².